The third-order valence-corrected chi connectivity index (χ3v) is 7.82. The van der Waals surface area contributed by atoms with Gasteiger partial charge in [0.05, 0.1) is 5.41 Å². The lowest BCUT2D eigenvalue weighted by Crippen LogP contribution is -2.45. The first kappa shape index (κ1) is 26.6. The number of unbranched alkanes of at least 4 members (excludes halogenated alkanes) is 3. The van der Waals surface area contributed by atoms with E-state index in [0.717, 1.165) is 41.7 Å². The number of hydrogen-bond donors (Lipinski definition) is 1. The molecule has 2 aliphatic rings. The van der Waals surface area contributed by atoms with E-state index in [1.54, 1.807) is 0 Å². The van der Waals surface area contributed by atoms with Crippen molar-refractivity contribution in [1.82, 2.24) is 0 Å². The maximum atomic E-state index is 12.3. The minimum absolute atomic E-state index is 0.0244. The van der Waals surface area contributed by atoms with Crippen LogP contribution in [0.5, 0.6) is 11.5 Å². The fraction of sp³-hybridized carbons (Fsp3) is 0.700. The van der Waals surface area contributed by atoms with Crippen molar-refractivity contribution in [3.63, 3.8) is 0 Å². The largest absolute Gasteiger partial charge is 0.508 e. The lowest BCUT2D eigenvalue weighted by molar-refractivity contribution is -0.152. The van der Waals surface area contributed by atoms with Gasteiger partial charge < -0.3 is 14.6 Å². The van der Waals surface area contributed by atoms with E-state index < -0.39 is 5.41 Å². The molecule has 1 N–H and O–H groups in total. The second-order valence-electron chi connectivity index (χ2n) is 12.6. The Balaban J connectivity index is 1.85. The molecule has 1 aliphatic heterocycles. The smallest absolute Gasteiger partial charge is 0.311 e. The van der Waals surface area contributed by atoms with Crippen molar-refractivity contribution in [2.75, 3.05) is 6.61 Å². The first-order valence-electron chi connectivity index (χ1n) is 13.2. The van der Waals surface area contributed by atoms with E-state index in [1.807, 2.05) is 26.8 Å². The predicted octanol–water partition coefficient (Wildman–Crippen LogP) is 7.82. The Morgan fingerprint density at radius 3 is 2.50 bits per heavy atom. The number of benzene rings is 1. The number of phenols is 1. The number of fused-ring (bicyclic) bond motifs is 3. The van der Waals surface area contributed by atoms with Crippen LogP contribution in [0.3, 0.4) is 0 Å². The molecule has 0 fully saturated rings. The average Bonchev–Trinajstić information content (AvgIpc) is 2.73. The van der Waals surface area contributed by atoms with Crippen LogP contribution in [0.25, 0.3) is 0 Å². The molecule has 190 valence electrons. The van der Waals surface area contributed by atoms with Gasteiger partial charge in [0.15, 0.2) is 0 Å². The van der Waals surface area contributed by atoms with Crippen LogP contribution in [0, 0.1) is 11.3 Å². The second-order valence-corrected chi connectivity index (χ2v) is 12.6. The van der Waals surface area contributed by atoms with E-state index in [9.17, 15) is 9.90 Å². The molecular formula is C30H46O4. The highest BCUT2D eigenvalue weighted by Gasteiger charge is 2.46. The van der Waals surface area contributed by atoms with Gasteiger partial charge in [0.2, 0.25) is 0 Å². The van der Waals surface area contributed by atoms with E-state index in [-0.39, 0.29) is 28.8 Å². The fourth-order valence-corrected chi connectivity index (χ4v) is 5.49. The molecule has 0 unspecified atom stereocenters. The zero-order valence-corrected chi connectivity index (χ0v) is 22.7. The van der Waals surface area contributed by atoms with Crippen LogP contribution in [0.4, 0.5) is 0 Å². The van der Waals surface area contributed by atoms with Crippen LogP contribution < -0.4 is 4.74 Å². The van der Waals surface area contributed by atoms with E-state index in [0.29, 0.717) is 12.4 Å². The van der Waals surface area contributed by atoms with Gasteiger partial charge in [-0.1, -0.05) is 52.5 Å². The number of ether oxygens (including phenoxy) is 2. The Hall–Kier alpha value is -1.97. The van der Waals surface area contributed by atoms with Crippen LogP contribution in [0.2, 0.25) is 0 Å². The minimum atomic E-state index is -0.511. The second kappa shape index (κ2) is 9.95. The quantitative estimate of drug-likeness (QED) is 0.239. The predicted molar refractivity (Wildman–Crippen MR) is 139 cm³/mol. The zero-order valence-electron chi connectivity index (χ0n) is 22.7. The number of rotatable bonds is 8. The molecule has 34 heavy (non-hydrogen) atoms. The van der Waals surface area contributed by atoms with E-state index in [1.165, 1.54) is 25.7 Å². The summed E-state index contributed by atoms with van der Waals surface area (Å²) in [6.45, 7) is 17.0. The van der Waals surface area contributed by atoms with Crippen molar-refractivity contribution < 1.29 is 19.4 Å². The highest BCUT2D eigenvalue weighted by atomic mass is 16.5. The Morgan fingerprint density at radius 1 is 1.15 bits per heavy atom. The van der Waals surface area contributed by atoms with Crippen LogP contribution in [0.15, 0.2) is 23.8 Å². The Bertz CT molecular complexity index is 916. The van der Waals surface area contributed by atoms with Crippen molar-refractivity contribution in [3.05, 3.63) is 34.9 Å². The molecular weight excluding hydrogens is 424 g/mol. The molecule has 4 nitrogen and oxygen atoms in total. The third kappa shape index (κ3) is 5.80. The Morgan fingerprint density at radius 2 is 1.85 bits per heavy atom. The Labute approximate surface area is 207 Å². The van der Waals surface area contributed by atoms with Gasteiger partial charge in [-0.3, -0.25) is 4.79 Å². The Kier molecular flexibility index (Phi) is 7.79. The van der Waals surface area contributed by atoms with E-state index in [2.05, 4.69) is 46.8 Å². The van der Waals surface area contributed by atoms with Gasteiger partial charge in [-0.05, 0) is 82.6 Å². The van der Waals surface area contributed by atoms with E-state index >= 15 is 0 Å². The van der Waals surface area contributed by atoms with Gasteiger partial charge in [-0.25, -0.2) is 0 Å². The van der Waals surface area contributed by atoms with Crippen LogP contribution >= 0.6 is 0 Å². The highest BCUT2D eigenvalue weighted by Crippen LogP contribution is 2.55. The summed E-state index contributed by atoms with van der Waals surface area (Å²) < 4.78 is 12.2. The third-order valence-electron chi connectivity index (χ3n) is 7.82. The molecule has 0 aromatic heterocycles. The molecule has 1 aliphatic carbocycles. The summed E-state index contributed by atoms with van der Waals surface area (Å²) in [5, 5.41) is 11.2. The normalized spacial score (nSPS) is 21.7. The maximum absolute atomic E-state index is 12.3. The topological polar surface area (TPSA) is 55.8 Å². The number of allylic oxidation sites excluding steroid dienone is 1. The van der Waals surface area contributed by atoms with Gasteiger partial charge in [0.1, 0.15) is 23.7 Å². The number of esters is 1. The van der Waals surface area contributed by atoms with Crippen molar-refractivity contribution in [3.8, 4) is 11.5 Å². The summed E-state index contributed by atoms with van der Waals surface area (Å²) in [5.41, 5.74) is 2.31. The summed E-state index contributed by atoms with van der Waals surface area (Å²) >= 11 is 0. The number of carbonyl (C=O) groups excluding carboxylic acids is 1. The zero-order chi connectivity index (χ0) is 25.3. The van der Waals surface area contributed by atoms with Crippen molar-refractivity contribution >= 4 is 5.97 Å². The van der Waals surface area contributed by atoms with Crippen LogP contribution in [-0.4, -0.2) is 23.3 Å². The number of aromatic hydroxyl groups is 1. The molecule has 0 saturated heterocycles. The maximum Gasteiger partial charge on any atom is 0.311 e. The molecule has 3 rings (SSSR count). The molecule has 0 saturated carbocycles. The van der Waals surface area contributed by atoms with Gasteiger partial charge in [-0.2, -0.15) is 0 Å². The number of phenolic OH excluding ortho intramolecular Hbond substituents is 1. The van der Waals surface area contributed by atoms with Crippen molar-refractivity contribution in [1.29, 1.82) is 0 Å². The van der Waals surface area contributed by atoms with Gasteiger partial charge in [0.25, 0.3) is 0 Å². The van der Waals surface area contributed by atoms with Crippen molar-refractivity contribution in [2.45, 2.75) is 117 Å². The van der Waals surface area contributed by atoms with E-state index in [4.69, 9.17) is 9.47 Å². The van der Waals surface area contributed by atoms with Crippen molar-refractivity contribution in [2.24, 2.45) is 11.3 Å². The molecule has 1 aromatic rings. The molecule has 0 bridgehead atoms. The summed E-state index contributed by atoms with van der Waals surface area (Å²) in [6, 6.07) is 4.14. The molecule has 1 heterocycles. The molecule has 0 amide bonds. The minimum Gasteiger partial charge on any atom is -0.508 e. The molecule has 1 aromatic carbocycles. The summed E-state index contributed by atoms with van der Waals surface area (Å²) in [6.07, 6.45) is 9.87. The molecule has 0 radical (unpaired) electrons. The SMILES string of the molecule is CCCCCCC(C)(C)c1cc(O)c2c(c1)OC(C)(C)[C@@H]1CC=C(COC(=O)C(C)(C)C)C[C@@H]21. The average molecular weight is 471 g/mol. The summed E-state index contributed by atoms with van der Waals surface area (Å²) in [5.74, 6) is 1.38. The monoisotopic (exact) mass is 470 g/mol. The fourth-order valence-electron chi connectivity index (χ4n) is 5.49. The molecule has 2 atom stereocenters. The van der Waals surface area contributed by atoms with Crippen LogP contribution in [0.1, 0.15) is 117 Å². The van der Waals surface area contributed by atoms with Gasteiger partial charge in [0, 0.05) is 17.4 Å². The molecule has 0 spiro atoms. The van der Waals surface area contributed by atoms with Gasteiger partial charge >= 0.3 is 5.97 Å². The molecule has 4 heteroatoms. The number of hydrogen-bond acceptors (Lipinski definition) is 4. The van der Waals surface area contributed by atoms with Gasteiger partial charge in [-0.15, -0.1) is 0 Å². The summed E-state index contributed by atoms with van der Waals surface area (Å²) in [7, 11) is 0. The number of carbonyl (C=O) groups is 1. The summed E-state index contributed by atoms with van der Waals surface area (Å²) in [4.78, 5) is 12.3. The highest BCUT2D eigenvalue weighted by molar-refractivity contribution is 5.75. The van der Waals surface area contributed by atoms with Crippen LogP contribution in [-0.2, 0) is 14.9 Å². The first-order valence-corrected chi connectivity index (χ1v) is 13.2. The first-order chi connectivity index (χ1) is 15.8. The lowest BCUT2D eigenvalue weighted by atomic mass is 9.66. The lowest BCUT2D eigenvalue weighted by Gasteiger charge is -2.47. The standard InChI is InChI=1S/C30H46O4/c1-9-10-11-12-15-29(5,6)21-17-24(31)26-22-16-20(19-33-27(32)28(2,3)4)13-14-23(22)30(7,8)34-25(26)18-21/h13,17-18,22-23,31H,9-12,14-16,19H2,1-8H3/t22-,23-/m1/s1.